The summed E-state index contributed by atoms with van der Waals surface area (Å²) in [5, 5.41) is 14.7. The highest BCUT2D eigenvalue weighted by molar-refractivity contribution is 7.10. The molecule has 4 heteroatoms. The first-order chi connectivity index (χ1) is 9.11. The molecule has 1 amide bonds. The van der Waals surface area contributed by atoms with Crippen molar-refractivity contribution in [3.63, 3.8) is 0 Å². The second kappa shape index (κ2) is 5.89. The summed E-state index contributed by atoms with van der Waals surface area (Å²) < 4.78 is 0. The quantitative estimate of drug-likeness (QED) is 0.895. The highest BCUT2D eigenvalue weighted by Crippen LogP contribution is 2.24. The van der Waals surface area contributed by atoms with Crippen molar-refractivity contribution in [3.8, 4) is 5.75 Å². The van der Waals surface area contributed by atoms with E-state index in [4.69, 9.17) is 0 Å². The van der Waals surface area contributed by atoms with Crippen molar-refractivity contribution in [2.24, 2.45) is 0 Å². The molecule has 0 aliphatic heterocycles. The monoisotopic (exact) mass is 275 g/mol. The van der Waals surface area contributed by atoms with Crippen LogP contribution in [-0.4, -0.2) is 11.0 Å². The van der Waals surface area contributed by atoms with Crippen LogP contribution in [0.25, 0.3) is 0 Å². The summed E-state index contributed by atoms with van der Waals surface area (Å²) in [6.07, 6.45) is 0.818. The summed E-state index contributed by atoms with van der Waals surface area (Å²) in [4.78, 5) is 13.3. The number of rotatable bonds is 4. The molecule has 3 nitrogen and oxygen atoms in total. The zero-order valence-corrected chi connectivity index (χ0v) is 11.8. The lowest BCUT2D eigenvalue weighted by Crippen LogP contribution is -2.27. The van der Waals surface area contributed by atoms with Crippen LogP contribution in [0.2, 0.25) is 0 Å². The molecule has 1 aromatic heterocycles. The van der Waals surface area contributed by atoms with Gasteiger partial charge in [0.15, 0.2) is 0 Å². The Morgan fingerprint density at radius 1 is 1.42 bits per heavy atom. The molecule has 0 aliphatic carbocycles. The Bertz CT molecular complexity index is 564. The number of amides is 1. The lowest BCUT2D eigenvalue weighted by atomic mass is 10.1. The summed E-state index contributed by atoms with van der Waals surface area (Å²) in [5.41, 5.74) is 1.28. The third-order valence-electron chi connectivity index (χ3n) is 3.00. The van der Waals surface area contributed by atoms with Crippen molar-refractivity contribution in [1.82, 2.24) is 5.32 Å². The number of nitrogens with one attached hydrogen (secondary N) is 1. The number of phenols is 1. The van der Waals surface area contributed by atoms with Crippen molar-refractivity contribution in [3.05, 3.63) is 51.7 Å². The van der Waals surface area contributed by atoms with Crippen molar-refractivity contribution < 1.29 is 9.90 Å². The molecule has 1 unspecified atom stereocenters. The number of aryl methyl sites for hydroxylation is 1. The Hall–Kier alpha value is -1.81. The zero-order chi connectivity index (χ0) is 13.8. The molecule has 0 radical (unpaired) electrons. The van der Waals surface area contributed by atoms with E-state index in [0.29, 0.717) is 5.56 Å². The minimum atomic E-state index is -0.235. The first-order valence-electron chi connectivity index (χ1n) is 6.25. The third-order valence-corrected chi connectivity index (χ3v) is 3.98. The molecule has 0 bridgehead atoms. The number of carbonyl (C=O) groups excluding carboxylic acids is 1. The third kappa shape index (κ3) is 3.15. The normalized spacial score (nSPS) is 12.1. The maximum atomic E-state index is 12.2. The van der Waals surface area contributed by atoms with Crippen LogP contribution in [-0.2, 0) is 0 Å². The van der Waals surface area contributed by atoms with Gasteiger partial charge >= 0.3 is 0 Å². The number of phenolic OH excluding ortho intramolecular Hbond substituents is 1. The topological polar surface area (TPSA) is 49.3 Å². The summed E-state index contributed by atoms with van der Waals surface area (Å²) >= 11 is 1.62. The van der Waals surface area contributed by atoms with Crippen LogP contribution in [0, 0.1) is 6.92 Å². The minimum Gasteiger partial charge on any atom is -0.507 e. The molecule has 1 atom stereocenters. The maximum Gasteiger partial charge on any atom is 0.255 e. The van der Waals surface area contributed by atoms with Gasteiger partial charge in [0.2, 0.25) is 0 Å². The average molecular weight is 275 g/mol. The maximum absolute atomic E-state index is 12.2. The summed E-state index contributed by atoms with van der Waals surface area (Å²) in [7, 11) is 0. The van der Waals surface area contributed by atoms with E-state index >= 15 is 0 Å². The molecule has 0 fully saturated rings. The molecule has 0 saturated carbocycles. The lowest BCUT2D eigenvalue weighted by molar-refractivity contribution is 0.0933. The molecule has 100 valence electrons. The van der Waals surface area contributed by atoms with Crippen molar-refractivity contribution in [1.29, 1.82) is 0 Å². The van der Waals surface area contributed by atoms with Crippen LogP contribution >= 0.6 is 11.3 Å². The van der Waals surface area contributed by atoms with Crippen LogP contribution in [0.5, 0.6) is 5.75 Å². The minimum absolute atomic E-state index is 0.00703. The Labute approximate surface area is 116 Å². The van der Waals surface area contributed by atoms with E-state index in [1.54, 1.807) is 29.5 Å². The number of hydrogen-bond donors (Lipinski definition) is 2. The van der Waals surface area contributed by atoms with Crippen LogP contribution in [0.4, 0.5) is 0 Å². The molecular weight excluding hydrogens is 258 g/mol. The molecular formula is C15H17NO2S. The Kier molecular flexibility index (Phi) is 4.22. The van der Waals surface area contributed by atoms with Crippen molar-refractivity contribution in [2.75, 3.05) is 0 Å². The SMILES string of the molecule is CCC(NC(=O)c1cc(C)ccc1O)c1cccs1. The summed E-state index contributed by atoms with van der Waals surface area (Å²) in [6, 6.07) is 9.01. The van der Waals surface area contributed by atoms with Crippen LogP contribution in [0.1, 0.15) is 40.2 Å². The van der Waals surface area contributed by atoms with Crippen LogP contribution in [0.3, 0.4) is 0 Å². The number of hydrogen-bond acceptors (Lipinski definition) is 3. The van der Waals surface area contributed by atoms with Gasteiger partial charge in [-0.15, -0.1) is 11.3 Å². The second-order valence-electron chi connectivity index (χ2n) is 4.47. The largest absolute Gasteiger partial charge is 0.507 e. The number of thiophene rings is 1. The van der Waals surface area contributed by atoms with E-state index in [2.05, 4.69) is 5.32 Å². The van der Waals surface area contributed by atoms with Crippen LogP contribution < -0.4 is 5.32 Å². The number of carbonyl (C=O) groups is 1. The Morgan fingerprint density at radius 3 is 2.84 bits per heavy atom. The predicted molar refractivity (Wildman–Crippen MR) is 77.7 cm³/mol. The van der Waals surface area contributed by atoms with E-state index in [1.807, 2.05) is 31.4 Å². The van der Waals surface area contributed by atoms with Gasteiger partial charge in [-0.2, -0.15) is 0 Å². The van der Waals surface area contributed by atoms with Gasteiger partial charge in [-0.25, -0.2) is 0 Å². The Balaban J connectivity index is 2.18. The van der Waals surface area contributed by atoms with E-state index < -0.39 is 0 Å². The first-order valence-corrected chi connectivity index (χ1v) is 7.13. The molecule has 1 heterocycles. The molecule has 0 saturated heterocycles. The Morgan fingerprint density at radius 2 is 2.21 bits per heavy atom. The molecule has 2 rings (SSSR count). The van der Waals surface area contributed by atoms with Gasteiger partial charge in [-0.3, -0.25) is 4.79 Å². The zero-order valence-electron chi connectivity index (χ0n) is 11.0. The van der Waals surface area contributed by atoms with E-state index in [0.717, 1.165) is 16.9 Å². The van der Waals surface area contributed by atoms with Gasteiger partial charge in [0.05, 0.1) is 11.6 Å². The van der Waals surface area contributed by atoms with Crippen LogP contribution in [0.15, 0.2) is 35.7 Å². The van der Waals surface area contributed by atoms with Gasteiger partial charge in [0.1, 0.15) is 5.75 Å². The molecule has 2 N–H and O–H groups in total. The van der Waals surface area contributed by atoms with Gasteiger partial charge in [0, 0.05) is 4.88 Å². The fourth-order valence-electron chi connectivity index (χ4n) is 1.93. The highest BCUT2D eigenvalue weighted by Gasteiger charge is 2.17. The van der Waals surface area contributed by atoms with Gasteiger partial charge in [-0.1, -0.05) is 24.6 Å². The molecule has 0 spiro atoms. The molecule has 19 heavy (non-hydrogen) atoms. The van der Waals surface area contributed by atoms with Gasteiger partial charge in [0.25, 0.3) is 5.91 Å². The second-order valence-corrected chi connectivity index (χ2v) is 5.45. The average Bonchev–Trinajstić information content (AvgIpc) is 2.92. The number of aromatic hydroxyl groups is 1. The van der Waals surface area contributed by atoms with E-state index in [9.17, 15) is 9.90 Å². The summed E-state index contributed by atoms with van der Waals surface area (Å²) in [6.45, 7) is 3.92. The molecule has 1 aromatic carbocycles. The highest BCUT2D eigenvalue weighted by atomic mass is 32.1. The smallest absolute Gasteiger partial charge is 0.255 e. The standard InChI is InChI=1S/C15H17NO2S/c1-3-12(14-5-4-8-19-14)16-15(18)11-9-10(2)6-7-13(11)17/h4-9,12,17H,3H2,1-2H3,(H,16,18). The fraction of sp³-hybridized carbons (Fsp3) is 0.267. The predicted octanol–water partition coefficient (Wildman–Crippen LogP) is 3.64. The fourth-order valence-corrected chi connectivity index (χ4v) is 2.79. The first kappa shape index (κ1) is 13.6. The lowest BCUT2D eigenvalue weighted by Gasteiger charge is -2.16. The van der Waals surface area contributed by atoms with Gasteiger partial charge in [-0.05, 0) is 36.9 Å². The van der Waals surface area contributed by atoms with Crippen molar-refractivity contribution in [2.45, 2.75) is 26.3 Å². The van der Waals surface area contributed by atoms with Gasteiger partial charge < -0.3 is 10.4 Å². The van der Waals surface area contributed by atoms with Crippen molar-refractivity contribution >= 4 is 17.2 Å². The molecule has 2 aromatic rings. The number of benzene rings is 1. The molecule has 0 aliphatic rings. The van der Waals surface area contributed by atoms with E-state index in [1.165, 1.54) is 0 Å². The summed E-state index contributed by atoms with van der Waals surface area (Å²) in [5.74, 6) is -0.217. The van der Waals surface area contributed by atoms with E-state index in [-0.39, 0.29) is 17.7 Å².